The lowest BCUT2D eigenvalue weighted by Crippen LogP contribution is -2.50. The van der Waals surface area contributed by atoms with Crippen molar-refractivity contribution in [1.29, 1.82) is 0 Å². The fraction of sp³-hybridized carbons (Fsp3) is 0.316. The lowest BCUT2D eigenvalue weighted by molar-refractivity contribution is -0.129. The summed E-state index contributed by atoms with van der Waals surface area (Å²) in [4.78, 5) is 13.8. The maximum absolute atomic E-state index is 13.0. The number of amides is 1. The summed E-state index contributed by atoms with van der Waals surface area (Å²) in [5.74, 6) is -0.678. The first-order valence-corrected chi connectivity index (χ1v) is 9.99. The molecule has 1 heterocycles. The van der Waals surface area contributed by atoms with Gasteiger partial charge in [-0.2, -0.15) is 0 Å². The number of anilines is 1. The molecule has 0 radical (unpaired) electrons. The monoisotopic (exact) mass is 392 g/mol. The van der Waals surface area contributed by atoms with Crippen LogP contribution in [0.25, 0.3) is 0 Å². The minimum Gasteiger partial charge on any atom is -0.365 e. The first-order valence-electron chi connectivity index (χ1n) is 8.51. The topological polar surface area (TPSA) is 75.7 Å². The summed E-state index contributed by atoms with van der Waals surface area (Å²) in [5, 5.41) is 0. The predicted molar refractivity (Wildman–Crippen MR) is 99.6 cm³/mol. The number of nitrogens with zero attached hydrogens (tertiary/aromatic N) is 1. The van der Waals surface area contributed by atoms with E-state index in [0.29, 0.717) is 0 Å². The molecule has 2 aromatic rings. The quantitative estimate of drug-likeness (QED) is 0.846. The van der Waals surface area contributed by atoms with Crippen LogP contribution in [0.2, 0.25) is 0 Å². The van der Waals surface area contributed by atoms with Gasteiger partial charge in [0.05, 0.1) is 17.5 Å². The molecular formula is C19H21FN2O4S. The number of rotatable bonds is 5. The molecule has 144 valence electrons. The van der Waals surface area contributed by atoms with Gasteiger partial charge in [0.1, 0.15) is 12.4 Å². The Morgan fingerprint density at radius 1 is 1.15 bits per heavy atom. The van der Waals surface area contributed by atoms with E-state index in [0.717, 1.165) is 28.9 Å². The highest BCUT2D eigenvalue weighted by molar-refractivity contribution is 7.89. The fourth-order valence-corrected chi connectivity index (χ4v) is 3.86. The molecule has 27 heavy (non-hydrogen) atoms. The van der Waals surface area contributed by atoms with Crippen molar-refractivity contribution in [2.45, 2.75) is 24.8 Å². The van der Waals surface area contributed by atoms with E-state index in [-0.39, 0.29) is 30.5 Å². The van der Waals surface area contributed by atoms with Crippen molar-refractivity contribution in [2.75, 3.05) is 24.6 Å². The standard InChI is InChI=1S/C19H21FN2O4S/c1-13-3-6-16(9-14(13)2)22-11-17(26-12-19(22)23)10-21-27(24,25)18-7-4-15(20)5-8-18/h3-9,17,21H,10-12H2,1-2H3. The van der Waals surface area contributed by atoms with E-state index in [4.69, 9.17) is 4.74 Å². The Hall–Kier alpha value is -2.29. The first-order chi connectivity index (χ1) is 12.8. The number of benzene rings is 2. The molecule has 1 N–H and O–H groups in total. The number of hydrogen-bond acceptors (Lipinski definition) is 4. The van der Waals surface area contributed by atoms with Gasteiger partial charge >= 0.3 is 0 Å². The van der Waals surface area contributed by atoms with Crippen LogP contribution in [-0.4, -0.2) is 40.1 Å². The van der Waals surface area contributed by atoms with E-state index in [1.807, 2.05) is 32.0 Å². The number of halogens is 1. The number of morpholine rings is 1. The number of hydrogen-bond donors (Lipinski definition) is 1. The van der Waals surface area contributed by atoms with Gasteiger partial charge in [-0.15, -0.1) is 0 Å². The second-order valence-corrected chi connectivity index (χ2v) is 8.28. The van der Waals surface area contributed by atoms with Crippen molar-refractivity contribution < 1.29 is 22.3 Å². The van der Waals surface area contributed by atoms with Crippen molar-refractivity contribution in [1.82, 2.24) is 4.72 Å². The Labute approximate surface area is 158 Å². The van der Waals surface area contributed by atoms with Gasteiger partial charge in [-0.05, 0) is 61.4 Å². The highest BCUT2D eigenvalue weighted by Gasteiger charge is 2.28. The fourth-order valence-electron chi connectivity index (χ4n) is 2.79. The zero-order valence-corrected chi connectivity index (χ0v) is 15.9. The van der Waals surface area contributed by atoms with Crippen LogP contribution < -0.4 is 9.62 Å². The number of carbonyl (C=O) groups excluding carboxylic acids is 1. The second-order valence-electron chi connectivity index (χ2n) is 6.51. The molecule has 1 amide bonds. The lowest BCUT2D eigenvalue weighted by Gasteiger charge is -2.33. The third kappa shape index (κ3) is 4.52. The van der Waals surface area contributed by atoms with Crippen LogP contribution in [0.4, 0.5) is 10.1 Å². The van der Waals surface area contributed by atoms with Crippen LogP contribution in [0.1, 0.15) is 11.1 Å². The largest absolute Gasteiger partial charge is 0.365 e. The average Bonchev–Trinajstić information content (AvgIpc) is 2.64. The summed E-state index contributed by atoms with van der Waals surface area (Å²) >= 11 is 0. The van der Waals surface area contributed by atoms with Crippen molar-refractivity contribution in [3.05, 3.63) is 59.4 Å². The van der Waals surface area contributed by atoms with E-state index >= 15 is 0 Å². The number of sulfonamides is 1. The molecule has 1 saturated heterocycles. The summed E-state index contributed by atoms with van der Waals surface area (Å²) in [6, 6.07) is 10.3. The Morgan fingerprint density at radius 3 is 2.52 bits per heavy atom. The van der Waals surface area contributed by atoms with Gasteiger partial charge in [-0.25, -0.2) is 17.5 Å². The van der Waals surface area contributed by atoms with Gasteiger partial charge in [0.25, 0.3) is 5.91 Å². The lowest BCUT2D eigenvalue weighted by atomic mass is 10.1. The van der Waals surface area contributed by atoms with E-state index in [1.165, 1.54) is 12.1 Å². The molecule has 0 spiro atoms. The summed E-state index contributed by atoms with van der Waals surface area (Å²) in [6.45, 7) is 4.10. The van der Waals surface area contributed by atoms with Gasteiger partial charge < -0.3 is 9.64 Å². The van der Waals surface area contributed by atoms with Crippen molar-refractivity contribution in [3.8, 4) is 0 Å². The Kier molecular flexibility index (Phi) is 5.59. The van der Waals surface area contributed by atoms with Crippen LogP contribution in [0.15, 0.2) is 47.4 Å². The molecule has 1 atom stereocenters. The smallest absolute Gasteiger partial charge is 0.253 e. The van der Waals surface area contributed by atoms with E-state index in [2.05, 4.69) is 4.72 Å². The molecule has 0 saturated carbocycles. The molecule has 3 rings (SSSR count). The molecule has 1 fully saturated rings. The molecule has 1 unspecified atom stereocenters. The van der Waals surface area contributed by atoms with E-state index < -0.39 is 21.9 Å². The van der Waals surface area contributed by atoms with Crippen molar-refractivity contribution >= 4 is 21.6 Å². The summed E-state index contributed by atoms with van der Waals surface area (Å²) in [6.07, 6.45) is -0.487. The SMILES string of the molecule is Cc1ccc(N2CC(CNS(=O)(=O)c3ccc(F)cc3)OCC2=O)cc1C. The molecule has 6 nitrogen and oxygen atoms in total. The van der Waals surface area contributed by atoms with Crippen LogP contribution >= 0.6 is 0 Å². The van der Waals surface area contributed by atoms with Crippen LogP contribution in [0.5, 0.6) is 0 Å². The number of ether oxygens (including phenoxy) is 1. The zero-order chi connectivity index (χ0) is 19.6. The predicted octanol–water partition coefficient (Wildman–Crippen LogP) is 2.15. The zero-order valence-electron chi connectivity index (χ0n) is 15.1. The normalized spacial score (nSPS) is 18.0. The van der Waals surface area contributed by atoms with Gasteiger partial charge in [-0.3, -0.25) is 4.79 Å². The Balaban J connectivity index is 1.68. The second kappa shape index (κ2) is 7.75. The third-order valence-electron chi connectivity index (χ3n) is 4.56. The summed E-state index contributed by atoms with van der Waals surface area (Å²) in [5.41, 5.74) is 2.96. The Morgan fingerprint density at radius 2 is 1.85 bits per heavy atom. The van der Waals surface area contributed by atoms with Crippen molar-refractivity contribution in [3.63, 3.8) is 0 Å². The van der Waals surface area contributed by atoms with Gasteiger partial charge in [0, 0.05) is 12.2 Å². The Bertz CT molecular complexity index is 945. The van der Waals surface area contributed by atoms with Crippen LogP contribution in [-0.2, 0) is 19.6 Å². The van der Waals surface area contributed by atoms with E-state index in [1.54, 1.807) is 4.90 Å². The molecule has 0 bridgehead atoms. The molecule has 0 aromatic heterocycles. The molecule has 0 aliphatic carbocycles. The summed E-state index contributed by atoms with van der Waals surface area (Å²) < 4.78 is 45.5. The van der Waals surface area contributed by atoms with E-state index in [9.17, 15) is 17.6 Å². The molecule has 1 aliphatic rings. The number of carbonyl (C=O) groups is 1. The first kappa shape index (κ1) is 19.5. The maximum atomic E-state index is 13.0. The average molecular weight is 392 g/mol. The molecule has 1 aliphatic heterocycles. The number of nitrogens with one attached hydrogen (secondary N) is 1. The third-order valence-corrected chi connectivity index (χ3v) is 6.00. The maximum Gasteiger partial charge on any atom is 0.253 e. The molecule has 2 aromatic carbocycles. The highest BCUT2D eigenvalue weighted by Crippen LogP contribution is 2.22. The highest BCUT2D eigenvalue weighted by atomic mass is 32.2. The minimum atomic E-state index is -3.78. The van der Waals surface area contributed by atoms with Crippen molar-refractivity contribution in [2.24, 2.45) is 0 Å². The summed E-state index contributed by atoms with van der Waals surface area (Å²) in [7, 11) is -3.78. The van der Waals surface area contributed by atoms with Crippen LogP contribution in [0.3, 0.4) is 0 Å². The van der Waals surface area contributed by atoms with Crippen LogP contribution in [0, 0.1) is 19.7 Å². The van der Waals surface area contributed by atoms with Gasteiger partial charge in [0.2, 0.25) is 10.0 Å². The minimum absolute atomic E-state index is 0.00827. The molecular weight excluding hydrogens is 371 g/mol. The molecule has 8 heteroatoms. The number of aryl methyl sites for hydroxylation is 2. The van der Waals surface area contributed by atoms with Gasteiger partial charge in [-0.1, -0.05) is 6.07 Å². The van der Waals surface area contributed by atoms with Gasteiger partial charge in [0.15, 0.2) is 0 Å².